The van der Waals surface area contributed by atoms with E-state index < -0.39 is 0 Å². The number of rotatable bonds is 5. The highest BCUT2D eigenvalue weighted by Gasteiger charge is 2.06. The van der Waals surface area contributed by atoms with Gasteiger partial charge in [-0.15, -0.1) is 0 Å². The number of nitrogens with zero attached hydrogens (tertiary/aromatic N) is 1. The Labute approximate surface area is 117 Å². The molecule has 0 amide bonds. The number of hydrogen-bond donors (Lipinski definition) is 1. The Morgan fingerprint density at radius 3 is 2.84 bits per heavy atom. The largest absolute Gasteiger partial charge is 0.313 e. The predicted molar refractivity (Wildman–Crippen MR) is 76.6 cm³/mol. The van der Waals surface area contributed by atoms with Gasteiger partial charge in [0.1, 0.15) is 5.82 Å². The molecule has 0 aliphatic heterocycles. The minimum atomic E-state index is -0.326. The quantitative estimate of drug-likeness (QED) is 0.835. The molecule has 0 aliphatic rings. The van der Waals surface area contributed by atoms with Crippen LogP contribution in [0.1, 0.15) is 18.9 Å². The molecule has 0 aliphatic carbocycles. The van der Waals surface area contributed by atoms with E-state index in [0.717, 1.165) is 30.6 Å². The van der Waals surface area contributed by atoms with Crippen LogP contribution in [-0.2, 0) is 6.54 Å². The molecule has 100 valence electrons. The van der Waals surface area contributed by atoms with E-state index in [1.807, 2.05) is 6.07 Å². The monoisotopic (exact) mass is 278 g/mol. The third-order valence-electron chi connectivity index (χ3n) is 2.79. The molecular formula is C15H16ClFN2. The van der Waals surface area contributed by atoms with E-state index >= 15 is 0 Å². The zero-order valence-electron chi connectivity index (χ0n) is 10.8. The van der Waals surface area contributed by atoms with Gasteiger partial charge in [0.05, 0.1) is 0 Å². The number of aromatic nitrogens is 1. The summed E-state index contributed by atoms with van der Waals surface area (Å²) in [7, 11) is 0. The standard InChI is InChI=1S/C15H16ClFN2/c1-2-5-18-8-11-6-12(10-19-9-11)14-4-3-13(16)7-15(14)17/h3-4,6-7,9-10,18H,2,5,8H2,1H3. The van der Waals surface area contributed by atoms with Crippen LogP contribution in [0.2, 0.25) is 5.02 Å². The number of hydrogen-bond acceptors (Lipinski definition) is 2. The minimum absolute atomic E-state index is 0.326. The lowest BCUT2D eigenvalue weighted by molar-refractivity contribution is 0.631. The molecule has 0 radical (unpaired) electrons. The van der Waals surface area contributed by atoms with Gasteiger partial charge in [0.25, 0.3) is 0 Å². The van der Waals surface area contributed by atoms with Crippen LogP contribution in [-0.4, -0.2) is 11.5 Å². The first-order valence-electron chi connectivity index (χ1n) is 6.30. The van der Waals surface area contributed by atoms with Crippen LogP contribution in [0.25, 0.3) is 11.1 Å². The average molecular weight is 279 g/mol. The zero-order valence-corrected chi connectivity index (χ0v) is 11.5. The molecule has 2 rings (SSSR count). The first kappa shape index (κ1) is 14.0. The Hall–Kier alpha value is -1.45. The van der Waals surface area contributed by atoms with Gasteiger partial charge in [0.15, 0.2) is 0 Å². The summed E-state index contributed by atoms with van der Waals surface area (Å²) in [6.45, 7) is 3.81. The van der Waals surface area contributed by atoms with Gasteiger partial charge >= 0.3 is 0 Å². The van der Waals surface area contributed by atoms with Crippen molar-refractivity contribution in [1.29, 1.82) is 0 Å². The molecule has 0 spiro atoms. The van der Waals surface area contributed by atoms with Gasteiger partial charge in [-0.2, -0.15) is 0 Å². The summed E-state index contributed by atoms with van der Waals surface area (Å²) in [6.07, 6.45) is 4.54. The maximum atomic E-state index is 13.8. The van der Waals surface area contributed by atoms with E-state index in [0.29, 0.717) is 10.6 Å². The summed E-state index contributed by atoms with van der Waals surface area (Å²) >= 11 is 5.75. The van der Waals surface area contributed by atoms with E-state index in [9.17, 15) is 4.39 Å². The summed E-state index contributed by atoms with van der Waals surface area (Å²) in [4.78, 5) is 4.16. The molecule has 1 aromatic heterocycles. The van der Waals surface area contributed by atoms with Crippen molar-refractivity contribution in [3.05, 3.63) is 53.1 Å². The molecule has 0 unspecified atom stereocenters. The Balaban J connectivity index is 2.22. The van der Waals surface area contributed by atoms with Gasteiger partial charge < -0.3 is 5.32 Å². The first-order chi connectivity index (χ1) is 9.20. The lowest BCUT2D eigenvalue weighted by Crippen LogP contribution is -2.13. The van der Waals surface area contributed by atoms with Crippen molar-refractivity contribution in [1.82, 2.24) is 10.3 Å². The lowest BCUT2D eigenvalue weighted by atomic mass is 10.1. The molecule has 0 fully saturated rings. The second-order valence-corrected chi connectivity index (χ2v) is 4.82. The van der Waals surface area contributed by atoms with Gasteiger partial charge in [-0.3, -0.25) is 4.98 Å². The van der Waals surface area contributed by atoms with Crippen molar-refractivity contribution in [2.75, 3.05) is 6.54 Å². The molecule has 1 N–H and O–H groups in total. The molecule has 0 bridgehead atoms. The fourth-order valence-electron chi connectivity index (χ4n) is 1.86. The average Bonchev–Trinajstić information content (AvgIpc) is 2.39. The molecule has 0 saturated heterocycles. The van der Waals surface area contributed by atoms with Crippen molar-refractivity contribution in [3.63, 3.8) is 0 Å². The topological polar surface area (TPSA) is 24.9 Å². The highest BCUT2D eigenvalue weighted by atomic mass is 35.5. The van der Waals surface area contributed by atoms with Gasteiger partial charge in [-0.05, 0) is 42.8 Å². The maximum Gasteiger partial charge on any atom is 0.132 e. The molecule has 0 saturated carbocycles. The smallest absolute Gasteiger partial charge is 0.132 e. The van der Waals surface area contributed by atoms with Crippen LogP contribution in [0.4, 0.5) is 4.39 Å². The van der Waals surface area contributed by atoms with Crippen LogP contribution >= 0.6 is 11.6 Å². The van der Waals surface area contributed by atoms with E-state index in [-0.39, 0.29) is 5.82 Å². The fourth-order valence-corrected chi connectivity index (χ4v) is 2.02. The highest BCUT2D eigenvalue weighted by molar-refractivity contribution is 6.30. The normalized spacial score (nSPS) is 10.7. The third kappa shape index (κ3) is 3.75. The number of pyridine rings is 1. The Bertz CT molecular complexity index is 558. The Morgan fingerprint density at radius 2 is 2.11 bits per heavy atom. The van der Waals surface area contributed by atoms with Gasteiger partial charge in [-0.25, -0.2) is 4.39 Å². The summed E-state index contributed by atoms with van der Waals surface area (Å²) < 4.78 is 13.8. The number of nitrogens with one attached hydrogen (secondary N) is 1. The molecular weight excluding hydrogens is 263 g/mol. The molecule has 19 heavy (non-hydrogen) atoms. The highest BCUT2D eigenvalue weighted by Crippen LogP contribution is 2.25. The van der Waals surface area contributed by atoms with Crippen LogP contribution in [0.5, 0.6) is 0 Å². The zero-order chi connectivity index (χ0) is 13.7. The number of halogens is 2. The fraction of sp³-hybridized carbons (Fsp3) is 0.267. The van der Waals surface area contributed by atoms with Crippen molar-refractivity contribution >= 4 is 11.6 Å². The second kappa shape index (κ2) is 6.64. The SMILES string of the molecule is CCCNCc1cncc(-c2ccc(Cl)cc2F)c1. The van der Waals surface area contributed by atoms with Gasteiger partial charge in [0, 0.05) is 35.1 Å². The van der Waals surface area contributed by atoms with Crippen molar-refractivity contribution < 1.29 is 4.39 Å². The summed E-state index contributed by atoms with van der Waals surface area (Å²) in [5.41, 5.74) is 2.33. The van der Waals surface area contributed by atoms with E-state index in [4.69, 9.17) is 11.6 Å². The van der Waals surface area contributed by atoms with Crippen LogP contribution in [0.15, 0.2) is 36.7 Å². The van der Waals surface area contributed by atoms with Crippen molar-refractivity contribution in [3.8, 4) is 11.1 Å². The second-order valence-electron chi connectivity index (χ2n) is 4.38. The summed E-state index contributed by atoms with van der Waals surface area (Å²) in [6, 6.07) is 6.63. The number of benzene rings is 1. The van der Waals surface area contributed by atoms with Gasteiger partial charge in [0.2, 0.25) is 0 Å². The van der Waals surface area contributed by atoms with Crippen LogP contribution < -0.4 is 5.32 Å². The first-order valence-corrected chi connectivity index (χ1v) is 6.68. The molecule has 4 heteroatoms. The van der Waals surface area contributed by atoms with Crippen molar-refractivity contribution in [2.24, 2.45) is 0 Å². The van der Waals surface area contributed by atoms with Gasteiger partial charge in [-0.1, -0.05) is 18.5 Å². The van der Waals surface area contributed by atoms with Crippen molar-refractivity contribution in [2.45, 2.75) is 19.9 Å². The molecule has 2 nitrogen and oxygen atoms in total. The Kier molecular flexibility index (Phi) is 4.88. The summed E-state index contributed by atoms with van der Waals surface area (Å²) in [5.74, 6) is -0.326. The molecule has 2 aromatic rings. The summed E-state index contributed by atoms with van der Waals surface area (Å²) in [5, 5.41) is 3.70. The minimum Gasteiger partial charge on any atom is -0.313 e. The predicted octanol–water partition coefficient (Wildman–Crippen LogP) is 4.04. The van der Waals surface area contributed by atoms with Crippen LogP contribution in [0, 0.1) is 5.82 Å². The molecule has 1 aromatic carbocycles. The lowest BCUT2D eigenvalue weighted by Gasteiger charge is -2.07. The maximum absolute atomic E-state index is 13.8. The third-order valence-corrected chi connectivity index (χ3v) is 3.03. The van der Waals surface area contributed by atoms with Crippen LogP contribution in [0.3, 0.4) is 0 Å². The van der Waals surface area contributed by atoms with E-state index in [1.54, 1.807) is 24.5 Å². The molecule has 1 heterocycles. The van der Waals surface area contributed by atoms with E-state index in [2.05, 4.69) is 17.2 Å². The van der Waals surface area contributed by atoms with E-state index in [1.165, 1.54) is 6.07 Å². The Morgan fingerprint density at radius 1 is 1.26 bits per heavy atom. The molecule has 0 atom stereocenters.